The summed E-state index contributed by atoms with van der Waals surface area (Å²) >= 11 is 0. The van der Waals surface area contributed by atoms with Crippen LogP contribution >= 0.6 is 0 Å². The topological polar surface area (TPSA) is 55.2 Å². The van der Waals surface area contributed by atoms with Crippen LogP contribution in [0.2, 0.25) is 0 Å². The Kier molecular flexibility index (Phi) is 6.35. The summed E-state index contributed by atoms with van der Waals surface area (Å²) in [6.07, 6.45) is 1.63. The molecule has 0 N–H and O–H groups in total. The highest BCUT2D eigenvalue weighted by Crippen LogP contribution is 2.24. The first-order valence-corrected chi connectivity index (χ1v) is 11.3. The number of hydrogen-bond acceptors (Lipinski definition) is 3. The van der Waals surface area contributed by atoms with E-state index in [2.05, 4.69) is 6.92 Å². The lowest BCUT2D eigenvalue weighted by atomic mass is 10.1. The maximum absolute atomic E-state index is 13.6. The average Bonchev–Trinajstić information content (AvgIpc) is 2.83. The maximum Gasteiger partial charge on any atom is 0.261 e. The summed E-state index contributed by atoms with van der Waals surface area (Å²) < 4.78 is 1.74. The summed E-state index contributed by atoms with van der Waals surface area (Å²) in [6, 6.07) is 20.9. The third kappa shape index (κ3) is 4.03. The molecule has 1 heterocycles. The quantitative estimate of drug-likeness (QED) is 0.387. The monoisotopic (exact) mass is 427 g/mol. The molecule has 1 amide bonds. The van der Waals surface area contributed by atoms with Crippen LogP contribution < -0.4 is 5.56 Å². The number of aromatic nitrogens is 2. The molecule has 0 spiro atoms. The Hall–Kier alpha value is -3.47. The Balaban J connectivity index is 1.79. The van der Waals surface area contributed by atoms with Crippen LogP contribution in [-0.4, -0.2) is 26.9 Å². The summed E-state index contributed by atoms with van der Waals surface area (Å²) in [7, 11) is 0. The lowest BCUT2D eigenvalue weighted by molar-refractivity contribution is 0.0679. The minimum absolute atomic E-state index is 0.0458. The predicted molar refractivity (Wildman–Crippen MR) is 130 cm³/mol. The average molecular weight is 428 g/mol. The van der Waals surface area contributed by atoms with Gasteiger partial charge in [-0.3, -0.25) is 14.2 Å². The molecule has 3 aromatic carbocycles. The number of rotatable bonds is 7. The van der Waals surface area contributed by atoms with E-state index in [4.69, 9.17) is 4.98 Å². The number of hydrogen-bond donors (Lipinski definition) is 0. The van der Waals surface area contributed by atoms with Crippen molar-refractivity contribution in [2.24, 2.45) is 0 Å². The second-order valence-electron chi connectivity index (χ2n) is 8.18. The summed E-state index contributed by atoms with van der Waals surface area (Å²) in [5.41, 5.74) is 1.27. The van der Waals surface area contributed by atoms with E-state index in [-0.39, 0.29) is 17.5 Å². The van der Waals surface area contributed by atoms with Crippen molar-refractivity contribution >= 4 is 27.6 Å². The minimum Gasteiger partial charge on any atom is -0.329 e. The number of nitrogens with zero attached hydrogens (tertiary/aromatic N) is 3. The second kappa shape index (κ2) is 9.35. The van der Waals surface area contributed by atoms with E-state index in [0.717, 1.165) is 23.6 Å². The molecule has 4 aromatic rings. The van der Waals surface area contributed by atoms with E-state index in [1.54, 1.807) is 4.57 Å². The van der Waals surface area contributed by atoms with Crippen LogP contribution in [0.3, 0.4) is 0 Å². The molecule has 0 radical (unpaired) electrons. The normalized spacial score (nSPS) is 12.2. The van der Waals surface area contributed by atoms with Crippen molar-refractivity contribution in [1.29, 1.82) is 0 Å². The Bertz CT molecular complexity index is 1330. The van der Waals surface area contributed by atoms with Crippen LogP contribution in [0.4, 0.5) is 0 Å². The molecule has 1 unspecified atom stereocenters. The standard InChI is InChI=1S/C27H29N3O2/c1-4-16-29(26(31)22-15-14-20-10-6-7-11-21(20)18-22)19(3)25-28-24-13-9-8-12-23(24)27(32)30(25)17-5-2/h6-15,18-19H,4-5,16-17H2,1-3H3. The molecule has 1 atom stereocenters. The molecule has 0 saturated carbocycles. The van der Waals surface area contributed by atoms with Gasteiger partial charge in [-0.15, -0.1) is 0 Å². The van der Waals surface area contributed by atoms with Crippen molar-refractivity contribution in [2.45, 2.75) is 46.2 Å². The highest BCUT2D eigenvalue weighted by Gasteiger charge is 2.26. The number of carbonyl (C=O) groups excluding carboxylic acids is 1. The van der Waals surface area contributed by atoms with Gasteiger partial charge in [0.15, 0.2) is 0 Å². The highest BCUT2D eigenvalue weighted by atomic mass is 16.2. The fourth-order valence-corrected chi connectivity index (χ4v) is 4.28. The molecular formula is C27H29N3O2. The van der Waals surface area contributed by atoms with Gasteiger partial charge in [0.1, 0.15) is 5.82 Å². The first-order chi connectivity index (χ1) is 15.5. The van der Waals surface area contributed by atoms with Crippen molar-refractivity contribution in [2.75, 3.05) is 6.54 Å². The molecule has 164 valence electrons. The minimum atomic E-state index is -0.335. The first kappa shape index (κ1) is 21.8. The van der Waals surface area contributed by atoms with Crippen LogP contribution in [0.15, 0.2) is 71.5 Å². The molecule has 0 aliphatic rings. The van der Waals surface area contributed by atoms with E-state index in [1.807, 2.05) is 85.5 Å². The van der Waals surface area contributed by atoms with E-state index < -0.39 is 0 Å². The van der Waals surface area contributed by atoms with Crippen molar-refractivity contribution in [3.8, 4) is 0 Å². The van der Waals surface area contributed by atoms with E-state index in [1.165, 1.54) is 0 Å². The number of amides is 1. The molecule has 5 nitrogen and oxygen atoms in total. The van der Waals surface area contributed by atoms with Gasteiger partial charge in [0.2, 0.25) is 0 Å². The van der Waals surface area contributed by atoms with Crippen molar-refractivity contribution < 1.29 is 4.79 Å². The molecule has 0 aliphatic carbocycles. The molecular weight excluding hydrogens is 398 g/mol. The Morgan fingerprint density at radius 1 is 0.969 bits per heavy atom. The molecule has 4 rings (SSSR count). The molecule has 1 aromatic heterocycles. The van der Waals surface area contributed by atoms with Gasteiger partial charge >= 0.3 is 0 Å². The molecule has 0 aliphatic heterocycles. The second-order valence-corrected chi connectivity index (χ2v) is 8.18. The van der Waals surface area contributed by atoms with Gasteiger partial charge in [-0.1, -0.05) is 56.3 Å². The van der Waals surface area contributed by atoms with Crippen LogP contribution in [0, 0.1) is 0 Å². The lowest BCUT2D eigenvalue weighted by Crippen LogP contribution is -2.38. The van der Waals surface area contributed by atoms with Crippen LogP contribution in [0.25, 0.3) is 21.7 Å². The zero-order valence-corrected chi connectivity index (χ0v) is 18.9. The third-order valence-electron chi connectivity index (χ3n) is 5.90. The zero-order chi connectivity index (χ0) is 22.7. The highest BCUT2D eigenvalue weighted by molar-refractivity contribution is 5.98. The van der Waals surface area contributed by atoms with Gasteiger partial charge in [0.25, 0.3) is 11.5 Å². The van der Waals surface area contributed by atoms with Crippen LogP contribution in [0.1, 0.15) is 55.8 Å². The van der Waals surface area contributed by atoms with Gasteiger partial charge in [0, 0.05) is 18.7 Å². The molecule has 0 saturated heterocycles. The van der Waals surface area contributed by atoms with Crippen molar-refractivity contribution in [3.05, 3.63) is 88.5 Å². The van der Waals surface area contributed by atoms with Crippen LogP contribution in [0.5, 0.6) is 0 Å². The van der Waals surface area contributed by atoms with Gasteiger partial charge in [-0.2, -0.15) is 0 Å². The van der Waals surface area contributed by atoms with Gasteiger partial charge < -0.3 is 4.90 Å². The third-order valence-corrected chi connectivity index (χ3v) is 5.90. The fourth-order valence-electron chi connectivity index (χ4n) is 4.28. The number of para-hydroxylation sites is 1. The zero-order valence-electron chi connectivity index (χ0n) is 18.9. The lowest BCUT2D eigenvalue weighted by Gasteiger charge is -2.30. The fraction of sp³-hybridized carbons (Fsp3) is 0.296. The predicted octanol–water partition coefficient (Wildman–Crippen LogP) is 5.57. The maximum atomic E-state index is 13.6. The summed E-state index contributed by atoms with van der Waals surface area (Å²) in [5, 5.41) is 2.75. The number of carbonyl (C=O) groups is 1. The van der Waals surface area contributed by atoms with Crippen LogP contribution in [-0.2, 0) is 6.54 Å². The molecule has 32 heavy (non-hydrogen) atoms. The SMILES string of the molecule is CCCN(C(=O)c1ccc2ccccc2c1)C(C)c1nc2ccccc2c(=O)n1CCC. The van der Waals surface area contributed by atoms with Crippen molar-refractivity contribution in [3.63, 3.8) is 0 Å². The number of benzene rings is 3. The summed E-state index contributed by atoms with van der Waals surface area (Å²) in [5.74, 6) is 0.591. The van der Waals surface area contributed by atoms with Gasteiger partial charge in [0.05, 0.1) is 16.9 Å². The summed E-state index contributed by atoms with van der Waals surface area (Å²) in [4.78, 5) is 33.5. The smallest absolute Gasteiger partial charge is 0.261 e. The Labute approximate surface area is 188 Å². The largest absolute Gasteiger partial charge is 0.329 e. The van der Waals surface area contributed by atoms with Gasteiger partial charge in [-0.25, -0.2) is 4.98 Å². The molecule has 5 heteroatoms. The molecule has 0 fully saturated rings. The van der Waals surface area contributed by atoms with Crippen molar-refractivity contribution in [1.82, 2.24) is 14.5 Å². The Morgan fingerprint density at radius 2 is 1.69 bits per heavy atom. The number of fused-ring (bicyclic) bond motifs is 2. The summed E-state index contributed by atoms with van der Waals surface area (Å²) in [6.45, 7) is 7.22. The Morgan fingerprint density at radius 3 is 2.44 bits per heavy atom. The molecule has 0 bridgehead atoms. The first-order valence-electron chi connectivity index (χ1n) is 11.3. The van der Waals surface area contributed by atoms with E-state index in [9.17, 15) is 9.59 Å². The van der Waals surface area contributed by atoms with Gasteiger partial charge in [-0.05, 0) is 54.8 Å². The van der Waals surface area contributed by atoms with E-state index >= 15 is 0 Å². The van der Waals surface area contributed by atoms with E-state index in [0.29, 0.717) is 35.4 Å².